The molecule has 2 aromatic heterocycles. The predicted molar refractivity (Wildman–Crippen MR) is 111 cm³/mol. The fourth-order valence-electron chi connectivity index (χ4n) is 2.90. The van der Waals surface area contributed by atoms with Crippen LogP contribution in [0.1, 0.15) is 19.4 Å². The lowest BCUT2D eigenvalue weighted by atomic mass is 10.2. The van der Waals surface area contributed by atoms with Crippen LogP contribution in [0.25, 0.3) is 11.7 Å². The molecule has 1 aromatic carbocycles. The van der Waals surface area contributed by atoms with Crippen molar-refractivity contribution in [1.29, 1.82) is 0 Å². The number of hydrogen-bond donors (Lipinski definition) is 4. The number of aromatic nitrogens is 3. The summed E-state index contributed by atoms with van der Waals surface area (Å²) >= 11 is 6.07. The molecule has 0 unspecified atom stereocenters. The molecule has 0 radical (unpaired) electrons. The van der Waals surface area contributed by atoms with E-state index >= 15 is 0 Å². The van der Waals surface area contributed by atoms with Gasteiger partial charge in [0.2, 0.25) is 0 Å². The molecule has 9 nitrogen and oxygen atoms in total. The van der Waals surface area contributed by atoms with Crippen LogP contribution in [0.2, 0.25) is 5.02 Å². The van der Waals surface area contributed by atoms with Crippen molar-refractivity contribution in [2.24, 2.45) is 0 Å². The molecule has 148 valence electrons. The zero-order valence-corrected chi connectivity index (χ0v) is 16.4. The summed E-state index contributed by atoms with van der Waals surface area (Å²) in [5, 5.41) is 16.2. The average Bonchev–Trinajstić information content (AvgIpc) is 3.18. The van der Waals surface area contributed by atoms with Gasteiger partial charge in [-0.15, -0.1) is 0 Å². The Morgan fingerprint density at radius 2 is 2.03 bits per heavy atom. The summed E-state index contributed by atoms with van der Waals surface area (Å²) in [6, 6.07) is 8.74. The zero-order chi connectivity index (χ0) is 20.5. The lowest BCUT2D eigenvalue weighted by Crippen LogP contribution is -2.22. The van der Waals surface area contributed by atoms with E-state index in [1.165, 1.54) is 6.08 Å². The van der Waals surface area contributed by atoms with Gasteiger partial charge in [0.1, 0.15) is 17.3 Å². The van der Waals surface area contributed by atoms with E-state index in [0.717, 1.165) is 11.5 Å². The van der Waals surface area contributed by atoms with Crippen molar-refractivity contribution >= 4 is 52.6 Å². The molecule has 0 aliphatic carbocycles. The minimum Gasteiger partial charge on any atom is -0.368 e. The van der Waals surface area contributed by atoms with Crippen LogP contribution in [0.15, 0.2) is 42.2 Å². The van der Waals surface area contributed by atoms with Gasteiger partial charge < -0.3 is 16.0 Å². The van der Waals surface area contributed by atoms with Gasteiger partial charge in [-0.2, -0.15) is 9.61 Å². The molecule has 3 aromatic rings. The molecule has 3 heterocycles. The van der Waals surface area contributed by atoms with Gasteiger partial charge in [-0.3, -0.25) is 10.1 Å². The van der Waals surface area contributed by atoms with Crippen molar-refractivity contribution in [3.05, 3.63) is 52.8 Å². The summed E-state index contributed by atoms with van der Waals surface area (Å²) in [6.45, 7) is 4.03. The summed E-state index contributed by atoms with van der Waals surface area (Å²) in [6.07, 6.45) is 3.12. The number of hydrogen-bond acceptors (Lipinski definition) is 6. The third-order valence-electron chi connectivity index (χ3n) is 4.05. The number of amides is 3. The highest BCUT2D eigenvalue weighted by Gasteiger charge is 2.23. The van der Waals surface area contributed by atoms with Crippen molar-refractivity contribution in [3.8, 4) is 0 Å². The average molecular weight is 412 g/mol. The molecule has 0 saturated carbocycles. The molecule has 0 bridgehead atoms. The fourth-order valence-corrected chi connectivity index (χ4v) is 3.09. The lowest BCUT2D eigenvalue weighted by molar-refractivity contribution is -0.115. The molecule has 10 heteroatoms. The third-order valence-corrected chi connectivity index (χ3v) is 4.29. The van der Waals surface area contributed by atoms with Crippen LogP contribution in [0.3, 0.4) is 0 Å². The second-order valence-corrected chi connectivity index (χ2v) is 7.20. The number of rotatable bonds is 5. The number of nitrogens with zero attached hydrogens (tertiary/aromatic N) is 3. The Labute approximate surface area is 171 Å². The Balaban J connectivity index is 1.79. The Hall–Kier alpha value is -3.59. The summed E-state index contributed by atoms with van der Waals surface area (Å²) in [7, 11) is 0. The molecule has 29 heavy (non-hydrogen) atoms. The summed E-state index contributed by atoms with van der Waals surface area (Å²) in [4.78, 5) is 27.8. The van der Waals surface area contributed by atoms with E-state index in [1.54, 1.807) is 22.8 Å². The molecular formula is C19H18ClN7O2. The monoisotopic (exact) mass is 411 g/mol. The molecule has 1 fully saturated rings. The number of carbonyl (C=O) groups excluding carboxylic acids is 2. The quantitative estimate of drug-likeness (QED) is 0.379. The number of nitrogens with one attached hydrogen (secondary N) is 4. The number of benzene rings is 1. The van der Waals surface area contributed by atoms with Crippen molar-refractivity contribution in [2.45, 2.75) is 19.9 Å². The largest absolute Gasteiger partial charge is 0.368 e. The lowest BCUT2D eigenvalue weighted by Gasteiger charge is -2.14. The number of anilines is 3. The number of fused-ring (bicyclic) bond motifs is 1. The van der Waals surface area contributed by atoms with E-state index in [1.807, 2.05) is 32.0 Å². The molecule has 4 rings (SSSR count). The first kappa shape index (κ1) is 18.8. The Kier molecular flexibility index (Phi) is 4.81. The third kappa shape index (κ3) is 3.99. The van der Waals surface area contributed by atoms with Crippen molar-refractivity contribution in [3.63, 3.8) is 0 Å². The van der Waals surface area contributed by atoms with Crippen LogP contribution in [0, 0.1) is 0 Å². The standard InChI is InChI=1S/C19H18ClN7O2/c1-10(2)22-16-8-15(23-13-5-3-4-12(20)7-13)25-17-11(9-21-27(16)17)6-14-18(28)26-19(29)24-14/h3-10,22H,1-2H3,(H,23,25)(H2,24,26,28,29)/b14-6+. The number of halogens is 1. The van der Waals surface area contributed by atoms with E-state index in [9.17, 15) is 9.59 Å². The van der Waals surface area contributed by atoms with Crippen LogP contribution in [0.5, 0.6) is 0 Å². The summed E-state index contributed by atoms with van der Waals surface area (Å²) < 4.78 is 1.64. The first-order chi connectivity index (χ1) is 13.9. The Morgan fingerprint density at radius 1 is 1.21 bits per heavy atom. The molecule has 1 aliphatic rings. The minimum absolute atomic E-state index is 0.137. The van der Waals surface area contributed by atoms with E-state index in [-0.39, 0.29) is 11.7 Å². The van der Waals surface area contributed by atoms with Gasteiger partial charge >= 0.3 is 6.03 Å². The van der Waals surface area contributed by atoms with E-state index in [2.05, 4.69) is 31.3 Å². The molecule has 3 amide bonds. The highest BCUT2D eigenvalue weighted by atomic mass is 35.5. The Bertz CT molecular complexity index is 1150. The van der Waals surface area contributed by atoms with Crippen LogP contribution in [-0.4, -0.2) is 32.6 Å². The summed E-state index contributed by atoms with van der Waals surface area (Å²) in [5.41, 5.74) is 2.02. The van der Waals surface area contributed by atoms with Gasteiger partial charge in [0, 0.05) is 28.4 Å². The normalized spacial score (nSPS) is 15.1. The predicted octanol–water partition coefficient (Wildman–Crippen LogP) is 3.13. The molecule has 1 saturated heterocycles. The molecular weight excluding hydrogens is 394 g/mol. The van der Waals surface area contributed by atoms with Crippen LogP contribution in [0.4, 0.5) is 22.1 Å². The van der Waals surface area contributed by atoms with Crippen LogP contribution in [-0.2, 0) is 4.79 Å². The fraction of sp³-hybridized carbons (Fsp3) is 0.158. The molecule has 1 aliphatic heterocycles. The van der Waals surface area contributed by atoms with Crippen LogP contribution < -0.4 is 21.3 Å². The maximum absolute atomic E-state index is 11.9. The van der Waals surface area contributed by atoms with E-state index in [0.29, 0.717) is 22.1 Å². The minimum atomic E-state index is -0.559. The van der Waals surface area contributed by atoms with Gasteiger partial charge in [-0.1, -0.05) is 17.7 Å². The maximum atomic E-state index is 11.9. The Morgan fingerprint density at radius 3 is 2.72 bits per heavy atom. The molecule has 0 atom stereocenters. The molecule has 0 spiro atoms. The summed E-state index contributed by atoms with van der Waals surface area (Å²) in [5.74, 6) is 0.796. The van der Waals surface area contributed by atoms with Gasteiger partial charge in [-0.05, 0) is 38.1 Å². The smallest absolute Gasteiger partial charge is 0.326 e. The number of imide groups is 1. The number of carbonyl (C=O) groups is 2. The molecule has 4 N–H and O–H groups in total. The van der Waals surface area contributed by atoms with Gasteiger partial charge in [0.05, 0.1) is 6.20 Å². The van der Waals surface area contributed by atoms with Crippen molar-refractivity contribution < 1.29 is 9.59 Å². The van der Waals surface area contributed by atoms with Gasteiger partial charge in [-0.25, -0.2) is 9.78 Å². The SMILES string of the molecule is CC(C)Nc1cc(Nc2cccc(Cl)c2)nc2c(/C=C3/NC(=O)NC3=O)cnn12. The van der Waals surface area contributed by atoms with Crippen molar-refractivity contribution in [1.82, 2.24) is 25.2 Å². The first-order valence-electron chi connectivity index (χ1n) is 8.91. The highest BCUT2D eigenvalue weighted by Crippen LogP contribution is 2.25. The second-order valence-electron chi connectivity index (χ2n) is 6.76. The van der Waals surface area contributed by atoms with E-state index < -0.39 is 11.9 Å². The second kappa shape index (κ2) is 7.44. The van der Waals surface area contributed by atoms with Crippen molar-refractivity contribution in [2.75, 3.05) is 10.6 Å². The maximum Gasteiger partial charge on any atom is 0.326 e. The zero-order valence-electron chi connectivity index (χ0n) is 15.7. The topological polar surface area (TPSA) is 112 Å². The van der Waals surface area contributed by atoms with E-state index in [4.69, 9.17) is 11.6 Å². The highest BCUT2D eigenvalue weighted by molar-refractivity contribution is 6.30. The van der Waals surface area contributed by atoms with Gasteiger partial charge in [0.25, 0.3) is 5.91 Å². The number of urea groups is 1. The first-order valence-corrected chi connectivity index (χ1v) is 9.29. The van der Waals surface area contributed by atoms with Gasteiger partial charge in [0.15, 0.2) is 5.65 Å². The van der Waals surface area contributed by atoms with Crippen LogP contribution >= 0.6 is 11.6 Å².